The van der Waals surface area contributed by atoms with Crippen LogP contribution in [0.15, 0.2) is 24.5 Å². The average molecular weight is 304 g/mol. The molecule has 0 bridgehead atoms. The van der Waals surface area contributed by atoms with Gasteiger partial charge in [0, 0.05) is 38.5 Å². The smallest absolute Gasteiger partial charge is 0.248 e. The predicted octanol–water partition coefficient (Wildman–Crippen LogP) is 1.87. The lowest BCUT2D eigenvalue weighted by molar-refractivity contribution is -0.134. The highest BCUT2D eigenvalue weighted by Crippen LogP contribution is 2.38. The van der Waals surface area contributed by atoms with Crippen molar-refractivity contribution in [1.29, 1.82) is 0 Å². The van der Waals surface area contributed by atoms with Crippen molar-refractivity contribution in [1.82, 2.24) is 9.88 Å². The number of hydrogen-bond donors (Lipinski definition) is 0. The molecule has 1 unspecified atom stereocenters. The lowest BCUT2D eigenvalue weighted by Gasteiger charge is -2.32. The number of carbonyl (C=O) groups excluding carboxylic acids is 1. The van der Waals surface area contributed by atoms with E-state index in [1.807, 2.05) is 23.2 Å². The van der Waals surface area contributed by atoms with Crippen LogP contribution >= 0.6 is 0 Å². The third-order valence-corrected chi connectivity index (χ3v) is 4.84. The van der Waals surface area contributed by atoms with Gasteiger partial charge < -0.3 is 14.4 Å². The van der Waals surface area contributed by atoms with Crippen molar-refractivity contribution in [3.05, 3.63) is 30.1 Å². The fourth-order valence-electron chi connectivity index (χ4n) is 3.73. The molecule has 1 aliphatic carbocycles. The Hall–Kier alpha value is -1.46. The van der Waals surface area contributed by atoms with E-state index in [2.05, 4.69) is 4.98 Å². The van der Waals surface area contributed by atoms with Crippen LogP contribution in [0.3, 0.4) is 0 Å². The molecule has 1 aromatic rings. The molecule has 2 heterocycles. The molecule has 1 aliphatic heterocycles. The molecule has 1 aromatic heterocycles. The predicted molar refractivity (Wildman–Crippen MR) is 82.1 cm³/mol. The van der Waals surface area contributed by atoms with Gasteiger partial charge in [0.25, 0.3) is 0 Å². The van der Waals surface area contributed by atoms with Gasteiger partial charge in [0.1, 0.15) is 6.61 Å². The molecule has 3 rings (SSSR count). The van der Waals surface area contributed by atoms with Gasteiger partial charge >= 0.3 is 0 Å². The quantitative estimate of drug-likeness (QED) is 0.833. The topological polar surface area (TPSA) is 51.7 Å². The summed E-state index contributed by atoms with van der Waals surface area (Å²) < 4.78 is 11.1. The van der Waals surface area contributed by atoms with Crippen molar-refractivity contribution in [3.8, 4) is 0 Å². The van der Waals surface area contributed by atoms with E-state index < -0.39 is 0 Å². The minimum atomic E-state index is 0.0999. The highest BCUT2D eigenvalue weighted by Gasteiger charge is 2.42. The van der Waals surface area contributed by atoms with Crippen LogP contribution < -0.4 is 0 Å². The van der Waals surface area contributed by atoms with E-state index in [1.54, 1.807) is 13.3 Å². The Morgan fingerprint density at radius 1 is 1.41 bits per heavy atom. The van der Waals surface area contributed by atoms with E-state index in [9.17, 15) is 4.79 Å². The first kappa shape index (κ1) is 15.4. The number of ether oxygens (including phenoxy) is 2. The fourth-order valence-corrected chi connectivity index (χ4v) is 3.73. The van der Waals surface area contributed by atoms with Gasteiger partial charge in [-0.15, -0.1) is 0 Å². The average Bonchev–Trinajstić information content (AvgIpc) is 2.99. The SMILES string of the molecule is COCC(=O)N1C[C@H]2CCCC(OCc3cccnc3)[C@H]2C1. The van der Waals surface area contributed by atoms with Gasteiger partial charge in [-0.25, -0.2) is 0 Å². The molecule has 120 valence electrons. The zero-order valence-corrected chi connectivity index (χ0v) is 13.1. The number of aromatic nitrogens is 1. The maximum absolute atomic E-state index is 12.0. The molecule has 0 spiro atoms. The van der Waals surface area contributed by atoms with Crippen LogP contribution in [0.1, 0.15) is 24.8 Å². The Balaban J connectivity index is 1.58. The normalized spacial score (nSPS) is 27.7. The van der Waals surface area contributed by atoms with Crippen LogP contribution in [0, 0.1) is 11.8 Å². The number of fused-ring (bicyclic) bond motifs is 1. The summed E-state index contributed by atoms with van der Waals surface area (Å²) in [7, 11) is 1.57. The van der Waals surface area contributed by atoms with E-state index in [-0.39, 0.29) is 18.6 Å². The Morgan fingerprint density at radius 2 is 2.32 bits per heavy atom. The second kappa shape index (κ2) is 7.20. The zero-order chi connectivity index (χ0) is 15.4. The number of likely N-dealkylation sites (tertiary alicyclic amines) is 1. The monoisotopic (exact) mass is 304 g/mol. The molecule has 0 N–H and O–H groups in total. The molecule has 2 aliphatic rings. The van der Waals surface area contributed by atoms with Crippen LogP contribution in [0.2, 0.25) is 0 Å². The summed E-state index contributed by atoms with van der Waals surface area (Å²) >= 11 is 0. The molecule has 5 heteroatoms. The molecule has 0 aromatic carbocycles. The van der Waals surface area contributed by atoms with Crippen molar-refractivity contribution in [3.63, 3.8) is 0 Å². The van der Waals surface area contributed by atoms with E-state index in [1.165, 1.54) is 12.8 Å². The maximum Gasteiger partial charge on any atom is 0.248 e. The summed E-state index contributed by atoms with van der Waals surface area (Å²) in [5.74, 6) is 1.14. The third-order valence-electron chi connectivity index (χ3n) is 4.84. The van der Waals surface area contributed by atoms with Crippen molar-refractivity contribution in [2.24, 2.45) is 11.8 Å². The largest absolute Gasteiger partial charge is 0.375 e. The van der Waals surface area contributed by atoms with E-state index in [0.29, 0.717) is 18.4 Å². The molecule has 2 fully saturated rings. The van der Waals surface area contributed by atoms with Gasteiger partial charge in [-0.3, -0.25) is 9.78 Å². The Bertz CT molecular complexity index is 494. The van der Waals surface area contributed by atoms with Gasteiger partial charge in [-0.1, -0.05) is 12.5 Å². The van der Waals surface area contributed by atoms with Crippen LogP contribution in [0.5, 0.6) is 0 Å². The third kappa shape index (κ3) is 3.47. The summed E-state index contributed by atoms with van der Waals surface area (Å²) in [4.78, 5) is 18.1. The molecule has 0 radical (unpaired) electrons. The molecule has 1 amide bonds. The highest BCUT2D eigenvalue weighted by atomic mass is 16.5. The van der Waals surface area contributed by atoms with Crippen molar-refractivity contribution >= 4 is 5.91 Å². The summed E-state index contributed by atoms with van der Waals surface area (Å²) in [6.45, 7) is 2.46. The number of methoxy groups -OCH3 is 1. The lowest BCUT2D eigenvalue weighted by Crippen LogP contribution is -2.35. The number of carbonyl (C=O) groups is 1. The first-order chi connectivity index (χ1) is 10.8. The van der Waals surface area contributed by atoms with Gasteiger partial charge in [0.15, 0.2) is 0 Å². The molecule has 1 saturated heterocycles. The second-order valence-corrected chi connectivity index (χ2v) is 6.30. The van der Waals surface area contributed by atoms with E-state index in [4.69, 9.17) is 9.47 Å². The zero-order valence-electron chi connectivity index (χ0n) is 13.1. The number of nitrogens with zero attached hydrogens (tertiary/aromatic N) is 2. The minimum Gasteiger partial charge on any atom is -0.375 e. The Morgan fingerprint density at radius 3 is 3.09 bits per heavy atom. The molecular formula is C17H24N2O3. The highest BCUT2D eigenvalue weighted by molar-refractivity contribution is 5.77. The summed E-state index contributed by atoms with van der Waals surface area (Å²) in [5.41, 5.74) is 1.11. The Kier molecular flexibility index (Phi) is 5.05. The van der Waals surface area contributed by atoms with Gasteiger partial charge in [0.2, 0.25) is 5.91 Å². The maximum atomic E-state index is 12.0. The van der Waals surface area contributed by atoms with Crippen LogP contribution in [0.25, 0.3) is 0 Å². The van der Waals surface area contributed by atoms with E-state index >= 15 is 0 Å². The van der Waals surface area contributed by atoms with Crippen LogP contribution in [-0.4, -0.2) is 48.7 Å². The van der Waals surface area contributed by atoms with Crippen molar-refractivity contribution in [2.45, 2.75) is 32.0 Å². The van der Waals surface area contributed by atoms with Crippen molar-refractivity contribution in [2.75, 3.05) is 26.8 Å². The molecule has 22 heavy (non-hydrogen) atoms. The van der Waals surface area contributed by atoms with Gasteiger partial charge in [-0.2, -0.15) is 0 Å². The fraction of sp³-hybridized carbons (Fsp3) is 0.647. The number of rotatable bonds is 5. The second-order valence-electron chi connectivity index (χ2n) is 6.30. The molecule has 3 atom stereocenters. The number of pyridine rings is 1. The summed E-state index contributed by atoms with van der Waals surface area (Å²) in [6, 6.07) is 3.97. The Labute approximate surface area is 131 Å². The molecule has 5 nitrogen and oxygen atoms in total. The van der Waals surface area contributed by atoms with Crippen LogP contribution in [0.4, 0.5) is 0 Å². The van der Waals surface area contributed by atoms with E-state index in [0.717, 1.165) is 25.1 Å². The first-order valence-electron chi connectivity index (χ1n) is 8.05. The van der Waals surface area contributed by atoms with Crippen molar-refractivity contribution < 1.29 is 14.3 Å². The summed E-state index contributed by atoms with van der Waals surface area (Å²) in [5, 5.41) is 0. The van der Waals surface area contributed by atoms with Crippen LogP contribution in [-0.2, 0) is 20.9 Å². The minimum absolute atomic E-state index is 0.0999. The van der Waals surface area contributed by atoms with Gasteiger partial charge in [0.05, 0.1) is 12.7 Å². The standard InChI is InChI=1S/C17H24N2O3/c1-21-12-17(20)19-9-14-5-2-6-16(15(14)10-19)22-11-13-4-3-7-18-8-13/h3-4,7-8,14-16H,2,5-6,9-12H2,1H3/t14-,15+,16?/m1/s1. The summed E-state index contributed by atoms with van der Waals surface area (Å²) in [6.07, 6.45) is 7.35. The lowest BCUT2D eigenvalue weighted by atomic mass is 9.79. The van der Waals surface area contributed by atoms with Gasteiger partial charge in [-0.05, 0) is 30.4 Å². The molecule has 1 saturated carbocycles. The number of hydrogen-bond acceptors (Lipinski definition) is 4. The first-order valence-corrected chi connectivity index (χ1v) is 8.05. The molecular weight excluding hydrogens is 280 g/mol. The number of amides is 1.